The summed E-state index contributed by atoms with van der Waals surface area (Å²) in [5.41, 5.74) is 2.26. The van der Waals surface area contributed by atoms with Crippen molar-refractivity contribution in [3.05, 3.63) is 66.0 Å². The molecule has 100 valence electrons. The Morgan fingerprint density at radius 3 is 2.70 bits per heavy atom. The smallest absolute Gasteiger partial charge is 0.219 e. The molecule has 1 N–H and O–H groups in total. The van der Waals surface area contributed by atoms with Gasteiger partial charge in [-0.3, -0.25) is 4.98 Å². The van der Waals surface area contributed by atoms with Gasteiger partial charge in [0.25, 0.3) is 0 Å². The van der Waals surface area contributed by atoms with Crippen molar-refractivity contribution in [1.82, 2.24) is 9.97 Å². The number of ether oxygens (including phenoxy) is 1. The van der Waals surface area contributed by atoms with Gasteiger partial charge in [-0.2, -0.15) is 0 Å². The molecule has 4 heteroatoms. The Labute approximate surface area is 116 Å². The molecule has 4 nitrogen and oxygen atoms in total. The second-order valence-electron chi connectivity index (χ2n) is 4.46. The average molecular weight is 266 g/mol. The van der Waals surface area contributed by atoms with Gasteiger partial charge in [0.1, 0.15) is 6.10 Å². The highest BCUT2D eigenvalue weighted by Crippen LogP contribution is 2.29. The van der Waals surface area contributed by atoms with E-state index in [-0.39, 0.29) is 0 Å². The van der Waals surface area contributed by atoms with Crippen molar-refractivity contribution < 1.29 is 9.84 Å². The molecule has 20 heavy (non-hydrogen) atoms. The largest absolute Gasteiger partial charge is 0.481 e. The summed E-state index contributed by atoms with van der Waals surface area (Å²) in [5.74, 6) is 0.432. The lowest BCUT2D eigenvalue weighted by Gasteiger charge is -2.14. The maximum atomic E-state index is 10.5. The summed E-state index contributed by atoms with van der Waals surface area (Å²) < 4.78 is 5.19. The molecular weight excluding hydrogens is 252 g/mol. The third kappa shape index (κ3) is 2.21. The van der Waals surface area contributed by atoms with Crippen molar-refractivity contribution in [1.29, 1.82) is 0 Å². The first-order valence-corrected chi connectivity index (χ1v) is 6.31. The maximum absolute atomic E-state index is 10.5. The molecule has 2 aromatic heterocycles. The van der Waals surface area contributed by atoms with Crippen LogP contribution in [0.2, 0.25) is 0 Å². The fourth-order valence-corrected chi connectivity index (χ4v) is 2.22. The Balaban J connectivity index is 2.05. The van der Waals surface area contributed by atoms with Gasteiger partial charge in [-0.25, -0.2) is 4.98 Å². The van der Waals surface area contributed by atoms with Crippen LogP contribution in [0.4, 0.5) is 0 Å². The minimum atomic E-state index is -0.787. The number of benzene rings is 1. The first-order chi connectivity index (χ1) is 9.79. The summed E-state index contributed by atoms with van der Waals surface area (Å²) in [6, 6.07) is 13.2. The van der Waals surface area contributed by atoms with Gasteiger partial charge in [-0.05, 0) is 29.8 Å². The number of methoxy groups -OCH3 is 1. The minimum absolute atomic E-state index is 0.432. The van der Waals surface area contributed by atoms with Gasteiger partial charge in [0.15, 0.2) is 0 Å². The van der Waals surface area contributed by atoms with E-state index in [1.54, 1.807) is 31.6 Å². The number of fused-ring (bicyclic) bond motifs is 1. The molecule has 3 rings (SSSR count). The topological polar surface area (TPSA) is 55.2 Å². The summed E-state index contributed by atoms with van der Waals surface area (Å²) >= 11 is 0. The predicted molar refractivity (Wildman–Crippen MR) is 76.6 cm³/mol. The number of nitrogens with zero attached hydrogens (tertiary/aromatic N) is 2. The van der Waals surface area contributed by atoms with Gasteiger partial charge in [0.2, 0.25) is 5.88 Å². The van der Waals surface area contributed by atoms with Crippen LogP contribution in [0.25, 0.3) is 10.9 Å². The minimum Gasteiger partial charge on any atom is -0.481 e. The lowest BCUT2D eigenvalue weighted by atomic mass is 10.0. The van der Waals surface area contributed by atoms with E-state index in [0.717, 1.165) is 16.5 Å². The Bertz CT molecular complexity index is 743. The van der Waals surface area contributed by atoms with Crippen LogP contribution in [-0.2, 0) is 0 Å². The van der Waals surface area contributed by atoms with Gasteiger partial charge in [0.05, 0.1) is 12.6 Å². The quantitative estimate of drug-likeness (QED) is 0.792. The molecule has 1 aromatic carbocycles. The van der Waals surface area contributed by atoms with Gasteiger partial charge < -0.3 is 9.84 Å². The Morgan fingerprint density at radius 1 is 1.05 bits per heavy atom. The molecule has 0 aliphatic carbocycles. The number of aliphatic hydroxyl groups excluding tert-OH is 1. The third-order valence-corrected chi connectivity index (χ3v) is 3.23. The zero-order valence-corrected chi connectivity index (χ0v) is 11.0. The van der Waals surface area contributed by atoms with E-state index in [2.05, 4.69) is 9.97 Å². The van der Waals surface area contributed by atoms with Crippen molar-refractivity contribution in [2.24, 2.45) is 0 Å². The average Bonchev–Trinajstić information content (AvgIpc) is 2.53. The number of rotatable bonds is 3. The van der Waals surface area contributed by atoms with E-state index in [0.29, 0.717) is 11.4 Å². The predicted octanol–water partition coefficient (Wildman–Crippen LogP) is 2.72. The lowest BCUT2D eigenvalue weighted by molar-refractivity contribution is 0.213. The lowest BCUT2D eigenvalue weighted by Crippen LogP contribution is -2.03. The van der Waals surface area contributed by atoms with Crippen LogP contribution >= 0.6 is 0 Å². The first kappa shape index (κ1) is 12.6. The second-order valence-corrected chi connectivity index (χ2v) is 4.46. The molecule has 0 radical (unpaired) electrons. The molecule has 2 heterocycles. The van der Waals surface area contributed by atoms with Crippen molar-refractivity contribution in [3.8, 4) is 5.88 Å². The summed E-state index contributed by atoms with van der Waals surface area (Å²) in [7, 11) is 1.54. The normalized spacial score (nSPS) is 12.3. The van der Waals surface area contributed by atoms with E-state index in [4.69, 9.17) is 4.74 Å². The Hall–Kier alpha value is -2.46. The number of aliphatic hydroxyl groups is 1. The van der Waals surface area contributed by atoms with E-state index in [1.807, 2.05) is 30.3 Å². The van der Waals surface area contributed by atoms with Crippen molar-refractivity contribution >= 4 is 10.9 Å². The highest BCUT2D eigenvalue weighted by molar-refractivity contribution is 5.79. The highest BCUT2D eigenvalue weighted by atomic mass is 16.5. The fraction of sp³-hybridized carbons (Fsp3) is 0.125. The number of hydrogen-bond acceptors (Lipinski definition) is 4. The van der Waals surface area contributed by atoms with Crippen LogP contribution in [-0.4, -0.2) is 22.2 Å². The summed E-state index contributed by atoms with van der Waals surface area (Å²) in [6.45, 7) is 0. The molecule has 0 aliphatic heterocycles. The number of aromatic nitrogens is 2. The second kappa shape index (κ2) is 5.27. The molecule has 0 fully saturated rings. The highest BCUT2D eigenvalue weighted by Gasteiger charge is 2.16. The first-order valence-electron chi connectivity index (χ1n) is 6.31. The van der Waals surface area contributed by atoms with Gasteiger partial charge >= 0.3 is 0 Å². The van der Waals surface area contributed by atoms with E-state index in [1.165, 1.54) is 0 Å². The zero-order chi connectivity index (χ0) is 13.9. The van der Waals surface area contributed by atoms with Gasteiger partial charge in [-0.1, -0.05) is 18.2 Å². The van der Waals surface area contributed by atoms with Crippen LogP contribution in [0.15, 0.2) is 54.9 Å². The van der Waals surface area contributed by atoms with Crippen molar-refractivity contribution in [2.45, 2.75) is 6.10 Å². The standard InChI is InChI=1S/C16H14N2O2/c1-20-16-13(5-3-9-18-16)15(19)12-7-6-11-4-2-8-17-14(11)10-12/h2-10,15,19H,1H3. The van der Waals surface area contributed by atoms with Crippen LogP contribution in [0, 0.1) is 0 Å². The monoisotopic (exact) mass is 266 g/mol. The molecule has 3 aromatic rings. The van der Waals surface area contributed by atoms with Gasteiger partial charge in [-0.15, -0.1) is 0 Å². The number of pyridine rings is 2. The third-order valence-electron chi connectivity index (χ3n) is 3.23. The number of hydrogen-bond donors (Lipinski definition) is 1. The molecule has 1 unspecified atom stereocenters. The van der Waals surface area contributed by atoms with Gasteiger partial charge in [0, 0.05) is 23.3 Å². The SMILES string of the molecule is COc1ncccc1C(O)c1ccc2cccnc2c1. The van der Waals surface area contributed by atoms with E-state index in [9.17, 15) is 5.11 Å². The molecule has 0 saturated carbocycles. The molecule has 0 bridgehead atoms. The van der Waals surface area contributed by atoms with Crippen LogP contribution < -0.4 is 4.74 Å². The van der Waals surface area contributed by atoms with Crippen LogP contribution in [0.3, 0.4) is 0 Å². The molecular formula is C16H14N2O2. The van der Waals surface area contributed by atoms with E-state index < -0.39 is 6.10 Å². The van der Waals surface area contributed by atoms with Crippen molar-refractivity contribution in [3.63, 3.8) is 0 Å². The van der Waals surface area contributed by atoms with Crippen LogP contribution in [0.5, 0.6) is 5.88 Å². The summed E-state index contributed by atoms with van der Waals surface area (Å²) in [5, 5.41) is 11.6. The molecule has 0 aliphatic rings. The maximum Gasteiger partial charge on any atom is 0.219 e. The van der Waals surface area contributed by atoms with E-state index >= 15 is 0 Å². The summed E-state index contributed by atoms with van der Waals surface area (Å²) in [6.07, 6.45) is 2.59. The molecule has 1 atom stereocenters. The Kier molecular flexibility index (Phi) is 3.31. The summed E-state index contributed by atoms with van der Waals surface area (Å²) in [4.78, 5) is 8.41. The molecule has 0 amide bonds. The Morgan fingerprint density at radius 2 is 1.85 bits per heavy atom. The molecule has 0 saturated heterocycles. The molecule has 0 spiro atoms. The van der Waals surface area contributed by atoms with Crippen LogP contribution in [0.1, 0.15) is 17.2 Å². The fourth-order valence-electron chi connectivity index (χ4n) is 2.22. The van der Waals surface area contributed by atoms with Crippen molar-refractivity contribution in [2.75, 3.05) is 7.11 Å². The zero-order valence-electron chi connectivity index (χ0n) is 11.0.